The largest absolute Gasteiger partial charge is 0.369 e. The maximum absolute atomic E-state index is 10.8. The van der Waals surface area contributed by atoms with Crippen molar-refractivity contribution in [3.05, 3.63) is 45.9 Å². The van der Waals surface area contributed by atoms with Gasteiger partial charge in [-0.3, -0.25) is 4.79 Å². The summed E-state index contributed by atoms with van der Waals surface area (Å²) in [5.74, 6) is 0.482. The Morgan fingerprint density at radius 1 is 1.39 bits per heavy atom. The third-order valence-corrected chi connectivity index (χ3v) is 4.55. The minimum absolute atomic E-state index is 0.206. The lowest BCUT2D eigenvalue weighted by Gasteiger charge is -1.98. The summed E-state index contributed by atoms with van der Waals surface area (Å²) in [6.45, 7) is 0. The minimum atomic E-state index is -0.352. The van der Waals surface area contributed by atoms with Crippen LogP contribution in [-0.2, 0) is 17.0 Å². The molecule has 18 heavy (non-hydrogen) atoms. The molecule has 0 radical (unpaired) electrons. The second kappa shape index (κ2) is 6.22. The number of hydrogen-bond donors (Lipinski definition) is 1. The fraction of sp³-hybridized carbons (Fsp3) is 0.167. The zero-order valence-electron chi connectivity index (χ0n) is 9.43. The van der Waals surface area contributed by atoms with Gasteiger partial charge in [-0.25, -0.2) is 4.98 Å². The van der Waals surface area contributed by atoms with E-state index < -0.39 is 0 Å². The molecule has 94 valence electrons. The molecule has 0 spiro atoms. The second-order valence-corrected chi connectivity index (χ2v) is 6.18. The van der Waals surface area contributed by atoms with Crippen molar-refractivity contribution in [1.82, 2.24) is 4.98 Å². The van der Waals surface area contributed by atoms with Gasteiger partial charge in [0.2, 0.25) is 5.91 Å². The molecule has 0 aliphatic heterocycles. The number of thioether (sulfide) groups is 1. The van der Waals surface area contributed by atoms with Crippen molar-refractivity contribution in [3.8, 4) is 0 Å². The summed E-state index contributed by atoms with van der Waals surface area (Å²) in [5, 5.41) is 2.61. The molecule has 2 N–H and O–H groups in total. The Morgan fingerprint density at radius 3 is 2.78 bits per heavy atom. The van der Waals surface area contributed by atoms with Crippen LogP contribution in [0.25, 0.3) is 0 Å². The van der Waals surface area contributed by atoms with E-state index in [4.69, 9.17) is 17.3 Å². The molecule has 0 saturated heterocycles. The Hall–Kier alpha value is -1.04. The molecule has 1 aromatic heterocycles. The Balaban J connectivity index is 1.92. The van der Waals surface area contributed by atoms with Crippen LogP contribution in [-0.4, -0.2) is 10.9 Å². The molecule has 0 aliphatic carbocycles. The van der Waals surface area contributed by atoms with Gasteiger partial charge in [0.15, 0.2) is 0 Å². The molecule has 2 rings (SSSR count). The van der Waals surface area contributed by atoms with Crippen molar-refractivity contribution in [3.63, 3.8) is 0 Å². The van der Waals surface area contributed by atoms with Crippen LogP contribution in [0.4, 0.5) is 0 Å². The average Bonchev–Trinajstić information content (AvgIpc) is 2.75. The number of hydrogen-bond acceptors (Lipinski definition) is 4. The van der Waals surface area contributed by atoms with Crippen LogP contribution in [0.5, 0.6) is 0 Å². The first-order valence-corrected chi connectivity index (χ1v) is 7.48. The molecule has 2 aromatic rings. The molecule has 0 aliphatic rings. The summed E-state index contributed by atoms with van der Waals surface area (Å²) in [6.07, 6.45) is 0.206. The molecule has 1 aromatic carbocycles. The lowest BCUT2D eigenvalue weighted by Crippen LogP contribution is -2.13. The summed E-state index contributed by atoms with van der Waals surface area (Å²) >= 11 is 8.99. The van der Waals surface area contributed by atoms with Crippen molar-refractivity contribution in [2.45, 2.75) is 16.5 Å². The molecule has 0 saturated carbocycles. The molecular weight excluding hydrogens is 288 g/mol. The van der Waals surface area contributed by atoms with Crippen LogP contribution in [0.3, 0.4) is 0 Å². The first-order chi connectivity index (χ1) is 8.63. The number of halogens is 1. The van der Waals surface area contributed by atoms with E-state index in [1.807, 2.05) is 29.6 Å². The van der Waals surface area contributed by atoms with Gasteiger partial charge in [-0.2, -0.15) is 0 Å². The van der Waals surface area contributed by atoms with Crippen molar-refractivity contribution in [2.24, 2.45) is 5.73 Å². The van der Waals surface area contributed by atoms with Crippen LogP contribution >= 0.6 is 34.7 Å². The number of carbonyl (C=O) groups excluding carboxylic acids is 1. The van der Waals surface area contributed by atoms with Crippen molar-refractivity contribution in [2.75, 3.05) is 0 Å². The fourth-order valence-corrected chi connectivity index (χ4v) is 3.27. The van der Waals surface area contributed by atoms with Crippen LogP contribution in [0, 0.1) is 0 Å². The van der Waals surface area contributed by atoms with E-state index in [0.29, 0.717) is 0 Å². The molecule has 0 bridgehead atoms. The number of benzene rings is 1. The predicted octanol–water partition coefficient (Wildman–Crippen LogP) is 3.12. The standard InChI is InChI=1S/C12H11ClN2OS2/c13-9-3-1-8(2-4-9)6-17-12-15-10(7-18-12)5-11(14)16/h1-4,7H,5-6H2,(H2,14,16). The average molecular weight is 299 g/mol. The third kappa shape index (κ3) is 4.01. The molecule has 6 heteroatoms. The highest BCUT2D eigenvalue weighted by atomic mass is 35.5. The van der Waals surface area contributed by atoms with Gasteiger partial charge < -0.3 is 5.73 Å². The van der Waals surface area contributed by atoms with Crippen LogP contribution in [0.1, 0.15) is 11.3 Å². The normalized spacial score (nSPS) is 10.5. The maximum Gasteiger partial charge on any atom is 0.223 e. The number of aromatic nitrogens is 1. The summed E-state index contributed by atoms with van der Waals surface area (Å²) in [6, 6.07) is 7.73. The van der Waals surface area contributed by atoms with Gasteiger partial charge in [-0.1, -0.05) is 35.5 Å². The predicted molar refractivity (Wildman–Crippen MR) is 76.0 cm³/mol. The highest BCUT2D eigenvalue weighted by Gasteiger charge is 2.05. The highest BCUT2D eigenvalue weighted by molar-refractivity contribution is 8.00. The highest BCUT2D eigenvalue weighted by Crippen LogP contribution is 2.26. The SMILES string of the molecule is NC(=O)Cc1csc(SCc2ccc(Cl)cc2)n1. The minimum Gasteiger partial charge on any atom is -0.369 e. The second-order valence-electron chi connectivity index (χ2n) is 3.66. The van der Waals surface area contributed by atoms with Crippen molar-refractivity contribution in [1.29, 1.82) is 0 Å². The van der Waals surface area contributed by atoms with E-state index in [2.05, 4.69) is 4.98 Å². The zero-order chi connectivity index (χ0) is 13.0. The Morgan fingerprint density at radius 2 is 2.11 bits per heavy atom. The van der Waals surface area contributed by atoms with E-state index in [1.165, 1.54) is 16.9 Å². The molecule has 0 fully saturated rings. The molecule has 0 unspecified atom stereocenters. The van der Waals surface area contributed by atoms with E-state index in [0.717, 1.165) is 20.8 Å². The van der Waals surface area contributed by atoms with Gasteiger partial charge in [0, 0.05) is 16.2 Å². The Kier molecular flexibility index (Phi) is 4.63. The Labute approximate surface area is 118 Å². The van der Waals surface area contributed by atoms with Gasteiger partial charge in [-0.05, 0) is 17.7 Å². The van der Waals surface area contributed by atoms with E-state index in [-0.39, 0.29) is 12.3 Å². The summed E-state index contributed by atoms with van der Waals surface area (Å²) in [4.78, 5) is 15.1. The summed E-state index contributed by atoms with van der Waals surface area (Å²) in [7, 11) is 0. The Bertz CT molecular complexity index is 539. The fourth-order valence-electron chi connectivity index (χ4n) is 1.34. The lowest BCUT2D eigenvalue weighted by molar-refractivity contribution is -0.117. The third-order valence-electron chi connectivity index (χ3n) is 2.16. The van der Waals surface area contributed by atoms with Gasteiger partial charge in [-0.15, -0.1) is 11.3 Å². The molecule has 1 heterocycles. The number of nitrogens with zero attached hydrogens (tertiary/aromatic N) is 1. The first kappa shape index (κ1) is 13.4. The van der Waals surface area contributed by atoms with Crippen LogP contribution < -0.4 is 5.73 Å². The topological polar surface area (TPSA) is 56.0 Å². The monoisotopic (exact) mass is 298 g/mol. The quantitative estimate of drug-likeness (QED) is 0.863. The molecular formula is C12H11ClN2OS2. The van der Waals surface area contributed by atoms with Crippen LogP contribution in [0.2, 0.25) is 5.02 Å². The summed E-state index contributed by atoms with van der Waals surface area (Å²) in [5.41, 5.74) is 7.05. The van der Waals surface area contributed by atoms with Crippen molar-refractivity contribution >= 4 is 40.6 Å². The van der Waals surface area contributed by atoms with Crippen LogP contribution in [0.15, 0.2) is 34.0 Å². The van der Waals surface area contributed by atoms with E-state index >= 15 is 0 Å². The first-order valence-electron chi connectivity index (χ1n) is 5.23. The van der Waals surface area contributed by atoms with Gasteiger partial charge in [0.05, 0.1) is 12.1 Å². The van der Waals surface area contributed by atoms with E-state index in [1.54, 1.807) is 11.8 Å². The van der Waals surface area contributed by atoms with Gasteiger partial charge in [0.25, 0.3) is 0 Å². The molecule has 0 atom stereocenters. The number of rotatable bonds is 5. The smallest absolute Gasteiger partial charge is 0.223 e. The molecule has 3 nitrogen and oxygen atoms in total. The van der Waals surface area contributed by atoms with Gasteiger partial charge in [0.1, 0.15) is 4.34 Å². The number of nitrogens with two attached hydrogens (primary N) is 1. The number of thiazole rings is 1. The van der Waals surface area contributed by atoms with Crippen molar-refractivity contribution < 1.29 is 4.79 Å². The number of primary amides is 1. The maximum atomic E-state index is 10.8. The van der Waals surface area contributed by atoms with Gasteiger partial charge >= 0.3 is 0 Å². The number of amides is 1. The molecule has 1 amide bonds. The van der Waals surface area contributed by atoms with E-state index in [9.17, 15) is 4.79 Å². The zero-order valence-corrected chi connectivity index (χ0v) is 11.8. The summed E-state index contributed by atoms with van der Waals surface area (Å²) < 4.78 is 0.946. The number of carbonyl (C=O) groups is 1. The lowest BCUT2D eigenvalue weighted by atomic mass is 10.2.